The SMILES string of the molecule is Nc1cc(C(F)(F)CF)c(-n2c(Sc3ccc(C(F)(F)F)cc3[N+](=O)[O-])n[nH]c2=O)cc1Cl. The predicted molar refractivity (Wildman–Crippen MR) is 106 cm³/mol. The normalized spacial score (nSPS) is 12.2. The Labute approximate surface area is 188 Å². The lowest BCUT2D eigenvalue weighted by atomic mass is 10.1. The third-order valence-corrected chi connectivity index (χ3v) is 5.59. The molecule has 3 aromatic rings. The average molecular weight is 514 g/mol. The van der Waals surface area contributed by atoms with Crippen LogP contribution in [-0.4, -0.2) is 26.4 Å². The second kappa shape index (κ2) is 8.62. The number of nitrogen functional groups attached to an aromatic ring is 1. The largest absolute Gasteiger partial charge is 0.416 e. The highest BCUT2D eigenvalue weighted by atomic mass is 35.5. The molecule has 0 saturated heterocycles. The first-order valence-electron chi connectivity index (χ1n) is 8.51. The van der Waals surface area contributed by atoms with Crippen molar-refractivity contribution < 1.29 is 31.3 Å². The summed E-state index contributed by atoms with van der Waals surface area (Å²) in [5.41, 5.74) is 0.149. The van der Waals surface area contributed by atoms with Gasteiger partial charge in [0.25, 0.3) is 5.69 Å². The molecule has 0 atom stereocenters. The summed E-state index contributed by atoms with van der Waals surface area (Å²) in [6, 6.07) is 3.11. The maximum Gasteiger partial charge on any atom is 0.416 e. The molecular weight excluding hydrogens is 504 g/mol. The number of hydrogen-bond acceptors (Lipinski definition) is 6. The molecule has 0 unspecified atom stereocenters. The molecule has 0 aliphatic rings. The first-order chi connectivity index (χ1) is 15.3. The Morgan fingerprint density at radius 2 is 1.88 bits per heavy atom. The number of rotatable bonds is 6. The third kappa shape index (κ3) is 4.78. The number of anilines is 1. The lowest BCUT2D eigenvalue weighted by Gasteiger charge is -2.19. The molecule has 0 amide bonds. The quantitative estimate of drug-likeness (QED) is 0.209. The van der Waals surface area contributed by atoms with Crippen LogP contribution in [0.15, 0.2) is 45.2 Å². The van der Waals surface area contributed by atoms with Crippen molar-refractivity contribution in [2.45, 2.75) is 22.2 Å². The Kier molecular flexibility index (Phi) is 6.39. The van der Waals surface area contributed by atoms with E-state index in [1.807, 2.05) is 5.10 Å². The zero-order valence-corrected chi connectivity index (χ0v) is 17.4. The van der Waals surface area contributed by atoms with Crippen LogP contribution in [0.5, 0.6) is 0 Å². The number of benzene rings is 2. The monoisotopic (exact) mass is 513 g/mol. The standard InChI is InChI=1S/C17H10ClF6N5O3S/c18-9-5-11(8(4-10(9)25)16(20,21)6-19)28-14(30)26-27-15(28)33-13-2-1-7(17(22,23)24)3-12(13)29(31)32/h1-5H,6,25H2,(H,26,30). The Balaban J connectivity index is 2.19. The maximum absolute atomic E-state index is 14.2. The van der Waals surface area contributed by atoms with Gasteiger partial charge in [0.05, 0.1) is 37.3 Å². The molecule has 8 nitrogen and oxygen atoms in total. The topological polar surface area (TPSA) is 120 Å². The molecular formula is C17H10ClF6N5O3S. The van der Waals surface area contributed by atoms with Crippen LogP contribution in [-0.2, 0) is 12.1 Å². The number of H-pyrrole nitrogens is 1. The third-order valence-electron chi connectivity index (χ3n) is 4.24. The van der Waals surface area contributed by atoms with Gasteiger partial charge in [0.2, 0.25) is 5.16 Å². The smallest absolute Gasteiger partial charge is 0.398 e. The van der Waals surface area contributed by atoms with E-state index in [4.69, 9.17) is 17.3 Å². The van der Waals surface area contributed by atoms with E-state index in [0.717, 1.165) is 12.1 Å². The molecule has 0 aliphatic carbocycles. The van der Waals surface area contributed by atoms with E-state index in [1.165, 1.54) is 0 Å². The van der Waals surface area contributed by atoms with E-state index in [9.17, 15) is 41.3 Å². The second-order valence-electron chi connectivity index (χ2n) is 6.42. The van der Waals surface area contributed by atoms with Gasteiger partial charge in [0.1, 0.15) is 0 Å². The first-order valence-corrected chi connectivity index (χ1v) is 9.70. The van der Waals surface area contributed by atoms with Crippen molar-refractivity contribution in [2.75, 3.05) is 12.4 Å². The van der Waals surface area contributed by atoms with Gasteiger partial charge in [-0.05, 0) is 36.0 Å². The molecule has 16 heteroatoms. The van der Waals surface area contributed by atoms with Crippen molar-refractivity contribution in [1.82, 2.24) is 14.8 Å². The van der Waals surface area contributed by atoms with Crippen molar-refractivity contribution in [1.29, 1.82) is 0 Å². The van der Waals surface area contributed by atoms with E-state index >= 15 is 0 Å². The van der Waals surface area contributed by atoms with Gasteiger partial charge in [0, 0.05) is 6.07 Å². The summed E-state index contributed by atoms with van der Waals surface area (Å²) in [6.07, 6.45) is -4.87. The predicted octanol–water partition coefficient (Wildman–Crippen LogP) is 4.94. The number of halogens is 7. The zero-order chi connectivity index (χ0) is 24.7. The number of nitrogens with one attached hydrogen (secondary N) is 1. The molecule has 2 aromatic carbocycles. The summed E-state index contributed by atoms with van der Waals surface area (Å²) in [6.45, 7) is -2.15. The van der Waals surface area contributed by atoms with Crippen LogP contribution in [0.4, 0.5) is 37.7 Å². The van der Waals surface area contributed by atoms with Gasteiger partial charge >= 0.3 is 17.8 Å². The lowest BCUT2D eigenvalue weighted by molar-refractivity contribution is -0.388. The lowest BCUT2D eigenvalue weighted by Crippen LogP contribution is -2.24. The minimum atomic E-state index is -4.87. The molecule has 176 valence electrons. The Morgan fingerprint density at radius 1 is 1.21 bits per heavy atom. The minimum absolute atomic E-state index is 0.270. The van der Waals surface area contributed by atoms with Crippen LogP contribution >= 0.6 is 23.4 Å². The van der Waals surface area contributed by atoms with Crippen LogP contribution in [0, 0.1) is 10.1 Å². The van der Waals surface area contributed by atoms with Crippen molar-refractivity contribution >= 4 is 34.7 Å². The van der Waals surface area contributed by atoms with Crippen LogP contribution in [0.3, 0.4) is 0 Å². The molecule has 0 bridgehead atoms. The van der Waals surface area contributed by atoms with E-state index in [-0.39, 0.29) is 21.7 Å². The van der Waals surface area contributed by atoms with Crippen LogP contribution in [0.2, 0.25) is 5.02 Å². The van der Waals surface area contributed by atoms with Gasteiger partial charge in [-0.25, -0.2) is 18.9 Å². The number of nitro benzene ring substituents is 1. The van der Waals surface area contributed by atoms with Crippen molar-refractivity contribution in [3.05, 3.63) is 67.1 Å². The summed E-state index contributed by atoms with van der Waals surface area (Å²) < 4.78 is 80.8. The summed E-state index contributed by atoms with van der Waals surface area (Å²) in [5.74, 6) is -4.10. The summed E-state index contributed by atoms with van der Waals surface area (Å²) in [5, 5.41) is 16.1. The molecule has 33 heavy (non-hydrogen) atoms. The highest BCUT2D eigenvalue weighted by molar-refractivity contribution is 7.99. The van der Waals surface area contributed by atoms with Crippen LogP contribution in [0.25, 0.3) is 5.69 Å². The zero-order valence-electron chi connectivity index (χ0n) is 15.8. The molecule has 0 fully saturated rings. The van der Waals surface area contributed by atoms with Gasteiger partial charge in [-0.3, -0.25) is 10.1 Å². The fourth-order valence-electron chi connectivity index (χ4n) is 2.71. The Hall–Kier alpha value is -3.20. The molecule has 3 rings (SSSR count). The van der Waals surface area contributed by atoms with Gasteiger partial charge in [-0.15, -0.1) is 5.10 Å². The summed E-state index contributed by atoms with van der Waals surface area (Å²) in [7, 11) is 0. The molecule has 3 N–H and O–H groups in total. The highest BCUT2D eigenvalue weighted by Gasteiger charge is 2.37. The van der Waals surface area contributed by atoms with Gasteiger partial charge in [0.15, 0.2) is 6.67 Å². The average Bonchev–Trinajstić information content (AvgIpc) is 3.08. The van der Waals surface area contributed by atoms with E-state index in [0.29, 0.717) is 28.5 Å². The molecule has 1 aromatic heterocycles. The van der Waals surface area contributed by atoms with Crippen LogP contribution < -0.4 is 11.4 Å². The number of aromatic nitrogens is 3. The van der Waals surface area contributed by atoms with Crippen molar-refractivity contribution in [3.8, 4) is 5.69 Å². The first kappa shape index (κ1) is 24.4. The summed E-state index contributed by atoms with van der Waals surface area (Å²) >= 11 is 6.22. The molecule has 0 saturated carbocycles. The molecule has 0 radical (unpaired) electrons. The van der Waals surface area contributed by atoms with E-state index < -0.39 is 57.0 Å². The number of hydrogen-bond donors (Lipinski definition) is 2. The molecule has 0 spiro atoms. The van der Waals surface area contributed by atoms with E-state index in [2.05, 4.69) is 5.10 Å². The Morgan fingerprint density at radius 3 is 2.45 bits per heavy atom. The van der Waals surface area contributed by atoms with Gasteiger partial charge < -0.3 is 5.73 Å². The number of alkyl halides is 6. The maximum atomic E-state index is 14.2. The number of aromatic amines is 1. The highest BCUT2D eigenvalue weighted by Crippen LogP contribution is 2.41. The molecule has 1 heterocycles. The number of nitrogens with two attached hydrogens (primary N) is 1. The minimum Gasteiger partial charge on any atom is -0.398 e. The number of nitro groups is 1. The Bertz CT molecular complexity index is 1290. The van der Waals surface area contributed by atoms with Crippen molar-refractivity contribution in [2.24, 2.45) is 0 Å². The van der Waals surface area contributed by atoms with Gasteiger partial charge in [-0.2, -0.15) is 22.0 Å². The fraction of sp³-hybridized carbons (Fsp3) is 0.176. The number of nitrogens with zero attached hydrogens (tertiary/aromatic N) is 3. The molecule has 0 aliphatic heterocycles. The fourth-order valence-corrected chi connectivity index (χ4v) is 3.81. The second-order valence-corrected chi connectivity index (χ2v) is 7.83. The summed E-state index contributed by atoms with van der Waals surface area (Å²) in [4.78, 5) is 22.2. The van der Waals surface area contributed by atoms with Crippen molar-refractivity contribution in [3.63, 3.8) is 0 Å². The van der Waals surface area contributed by atoms with Crippen LogP contribution in [0.1, 0.15) is 11.1 Å². The van der Waals surface area contributed by atoms with Gasteiger partial charge in [-0.1, -0.05) is 11.6 Å². The van der Waals surface area contributed by atoms with E-state index in [1.54, 1.807) is 0 Å².